The lowest BCUT2D eigenvalue weighted by atomic mass is 10.1. The number of aliphatic hydroxyl groups excluding tert-OH is 1. The monoisotopic (exact) mass is 347 g/mol. The van der Waals surface area contributed by atoms with Crippen molar-refractivity contribution in [3.63, 3.8) is 0 Å². The van der Waals surface area contributed by atoms with Crippen LogP contribution in [0, 0.1) is 0 Å². The fraction of sp³-hybridized carbons (Fsp3) is 0.462. The average Bonchev–Trinajstić information content (AvgIpc) is 2.38. The highest BCUT2D eigenvalue weighted by atomic mass is 79.9. The summed E-state index contributed by atoms with van der Waals surface area (Å²) >= 11 is 9.23. The van der Waals surface area contributed by atoms with Gasteiger partial charge in [0.05, 0.1) is 30.9 Å². The summed E-state index contributed by atoms with van der Waals surface area (Å²) in [6.45, 7) is 2.67. The van der Waals surface area contributed by atoms with Gasteiger partial charge in [0, 0.05) is 16.0 Å². The number of ether oxygens (including phenoxy) is 1. The van der Waals surface area contributed by atoms with Crippen molar-refractivity contribution in [3.8, 4) is 0 Å². The van der Waals surface area contributed by atoms with Gasteiger partial charge in [-0.15, -0.1) is 0 Å². The highest BCUT2D eigenvalue weighted by molar-refractivity contribution is 9.10. The summed E-state index contributed by atoms with van der Waals surface area (Å²) in [4.78, 5) is 14.2. The van der Waals surface area contributed by atoms with Crippen LogP contribution < -0.4 is 0 Å². The number of aliphatic hydroxyl groups is 1. The second-order valence-corrected chi connectivity index (χ2v) is 5.86. The van der Waals surface area contributed by atoms with Gasteiger partial charge in [-0.25, -0.2) is 0 Å². The molecule has 1 aliphatic heterocycles. The predicted molar refractivity (Wildman–Crippen MR) is 76.5 cm³/mol. The van der Waals surface area contributed by atoms with E-state index >= 15 is 0 Å². The van der Waals surface area contributed by atoms with Gasteiger partial charge in [0.2, 0.25) is 0 Å². The van der Waals surface area contributed by atoms with Gasteiger partial charge in [-0.3, -0.25) is 4.79 Å². The number of hydrogen-bond donors (Lipinski definition) is 1. The molecule has 1 fully saturated rings. The summed E-state index contributed by atoms with van der Waals surface area (Å²) in [5.41, 5.74) is 0.565. The summed E-state index contributed by atoms with van der Waals surface area (Å²) in [6.07, 6.45) is -0.314. The number of amides is 1. The molecule has 1 amide bonds. The lowest BCUT2D eigenvalue weighted by Crippen LogP contribution is -2.52. The Bertz CT molecular complexity index is 483. The van der Waals surface area contributed by atoms with Crippen LogP contribution in [0.15, 0.2) is 22.7 Å². The molecule has 104 valence electrons. The lowest BCUT2D eigenvalue weighted by molar-refractivity contribution is -0.0667. The van der Waals surface area contributed by atoms with Crippen LogP contribution in [0.2, 0.25) is 5.02 Å². The van der Waals surface area contributed by atoms with E-state index in [0.717, 1.165) is 0 Å². The molecule has 0 radical (unpaired) electrons. The Kier molecular flexibility index (Phi) is 4.84. The molecule has 0 spiro atoms. The number of carbonyl (C=O) groups is 1. The SMILES string of the molecule is C[C@@H]1CO[C@H](CO)CN1C(=O)c1ccc(Cl)cc1Br. The summed E-state index contributed by atoms with van der Waals surface area (Å²) < 4.78 is 6.10. The van der Waals surface area contributed by atoms with Gasteiger partial charge in [-0.1, -0.05) is 11.6 Å². The van der Waals surface area contributed by atoms with Crippen molar-refractivity contribution < 1.29 is 14.6 Å². The minimum absolute atomic E-state index is 0.0159. The minimum atomic E-state index is -0.314. The fourth-order valence-electron chi connectivity index (χ4n) is 2.03. The second kappa shape index (κ2) is 6.22. The maximum atomic E-state index is 12.5. The maximum Gasteiger partial charge on any atom is 0.255 e. The molecule has 0 bridgehead atoms. The van der Waals surface area contributed by atoms with Crippen LogP contribution in [0.25, 0.3) is 0 Å². The Morgan fingerprint density at radius 2 is 2.37 bits per heavy atom. The zero-order valence-electron chi connectivity index (χ0n) is 10.5. The van der Waals surface area contributed by atoms with E-state index in [2.05, 4.69) is 15.9 Å². The first-order valence-corrected chi connectivity index (χ1v) is 7.18. The number of rotatable bonds is 2. The summed E-state index contributed by atoms with van der Waals surface area (Å²) in [5.74, 6) is -0.0854. The molecule has 1 aliphatic rings. The van der Waals surface area contributed by atoms with Crippen molar-refractivity contribution >= 4 is 33.4 Å². The van der Waals surface area contributed by atoms with Crippen LogP contribution >= 0.6 is 27.5 Å². The van der Waals surface area contributed by atoms with E-state index in [9.17, 15) is 4.79 Å². The highest BCUT2D eigenvalue weighted by Crippen LogP contribution is 2.24. The Hall–Kier alpha value is -0.620. The first kappa shape index (κ1) is 14.8. The van der Waals surface area contributed by atoms with Gasteiger partial charge in [-0.2, -0.15) is 0 Å². The highest BCUT2D eigenvalue weighted by Gasteiger charge is 2.30. The quantitative estimate of drug-likeness (QED) is 0.892. The Morgan fingerprint density at radius 1 is 1.63 bits per heavy atom. The van der Waals surface area contributed by atoms with Crippen LogP contribution in [-0.4, -0.2) is 47.8 Å². The molecule has 0 aliphatic carbocycles. The van der Waals surface area contributed by atoms with Crippen LogP contribution in [-0.2, 0) is 4.74 Å². The van der Waals surface area contributed by atoms with E-state index in [1.165, 1.54) is 0 Å². The molecule has 2 atom stereocenters. The third-order valence-electron chi connectivity index (χ3n) is 3.13. The number of hydrogen-bond acceptors (Lipinski definition) is 3. The van der Waals surface area contributed by atoms with Crippen molar-refractivity contribution in [2.45, 2.75) is 19.1 Å². The van der Waals surface area contributed by atoms with Crippen molar-refractivity contribution in [2.75, 3.05) is 19.8 Å². The molecule has 1 aromatic rings. The normalized spacial score (nSPS) is 23.5. The van der Waals surface area contributed by atoms with Gasteiger partial charge < -0.3 is 14.7 Å². The number of nitrogens with zero attached hydrogens (tertiary/aromatic N) is 1. The molecule has 1 saturated heterocycles. The van der Waals surface area contributed by atoms with Gasteiger partial charge in [0.15, 0.2) is 0 Å². The largest absolute Gasteiger partial charge is 0.394 e. The van der Waals surface area contributed by atoms with E-state index in [0.29, 0.717) is 28.2 Å². The minimum Gasteiger partial charge on any atom is -0.394 e. The molecule has 0 unspecified atom stereocenters. The number of benzene rings is 1. The molecule has 0 saturated carbocycles. The Morgan fingerprint density at radius 3 is 3.00 bits per heavy atom. The maximum absolute atomic E-state index is 12.5. The zero-order chi connectivity index (χ0) is 14.0. The van der Waals surface area contributed by atoms with Crippen LogP contribution in [0.4, 0.5) is 0 Å². The molecule has 4 nitrogen and oxygen atoms in total. The number of carbonyl (C=O) groups excluding carboxylic acids is 1. The van der Waals surface area contributed by atoms with Gasteiger partial charge in [0.25, 0.3) is 5.91 Å². The van der Waals surface area contributed by atoms with Crippen molar-refractivity contribution in [2.24, 2.45) is 0 Å². The molecule has 19 heavy (non-hydrogen) atoms. The van der Waals surface area contributed by atoms with E-state index in [1.54, 1.807) is 23.1 Å². The molecule has 1 aromatic carbocycles. The first-order valence-electron chi connectivity index (χ1n) is 6.01. The standard InChI is InChI=1S/C13H15BrClNO3/c1-8-7-19-10(6-17)5-16(8)13(18)11-3-2-9(15)4-12(11)14/h2-4,8,10,17H,5-7H2,1H3/t8-,10+/m1/s1. The topological polar surface area (TPSA) is 49.8 Å². The fourth-order valence-corrected chi connectivity index (χ4v) is 2.88. The number of halogens is 2. The van der Waals surface area contributed by atoms with Crippen molar-refractivity contribution in [3.05, 3.63) is 33.3 Å². The lowest BCUT2D eigenvalue weighted by Gasteiger charge is -2.37. The number of morpholine rings is 1. The molecule has 2 rings (SSSR count). The summed E-state index contributed by atoms with van der Waals surface area (Å²) in [5, 5.41) is 9.72. The average molecular weight is 349 g/mol. The predicted octanol–water partition coefficient (Wildman–Crippen LogP) is 2.32. The van der Waals surface area contributed by atoms with Crippen LogP contribution in [0.3, 0.4) is 0 Å². The van der Waals surface area contributed by atoms with Crippen molar-refractivity contribution in [1.29, 1.82) is 0 Å². The third kappa shape index (κ3) is 3.28. The van der Waals surface area contributed by atoms with Crippen LogP contribution in [0.1, 0.15) is 17.3 Å². The van der Waals surface area contributed by atoms with E-state index in [1.807, 2.05) is 6.92 Å². The molecule has 1 heterocycles. The molecule has 6 heteroatoms. The smallest absolute Gasteiger partial charge is 0.255 e. The Labute approximate surface area is 125 Å². The van der Waals surface area contributed by atoms with E-state index in [4.69, 9.17) is 21.4 Å². The van der Waals surface area contributed by atoms with E-state index < -0.39 is 0 Å². The molecule has 0 aromatic heterocycles. The van der Waals surface area contributed by atoms with Gasteiger partial charge in [0.1, 0.15) is 0 Å². The van der Waals surface area contributed by atoms with Crippen LogP contribution in [0.5, 0.6) is 0 Å². The second-order valence-electron chi connectivity index (χ2n) is 4.57. The Balaban J connectivity index is 2.22. The van der Waals surface area contributed by atoms with E-state index in [-0.39, 0.29) is 24.7 Å². The third-order valence-corrected chi connectivity index (χ3v) is 4.02. The van der Waals surface area contributed by atoms with Gasteiger partial charge >= 0.3 is 0 Å². The zero-order valence-corrected chi connectivity index (χ0v) is 12.8. The molecular weight excluding hydrogens is 334 g/mol. The first-order chi connectivity index (χ1) is 9.02. The summed E-state index contributed by atoms with van der Waals surface area (Å²) in [7, 11) is 0. The van der Waals surface area contributed by atoms with Gasteiger partial charge in [-0.05, 0) is 41.1 Å². The molecular formula is C13H15BrClNO3. The summed E-state index contributed by atoms with van der Waals surface area (Å²) in [6, 6.07) is 5.07. The molecule has 1 N–H and O–H groups in total. The van der Waals surface area contributed by atoms with Crippen molar-refractivity contribution in [1.82, 2.24) is 4.90 Å².